The maximum Gasteiger partial charge on any atom is 0.336 e. The summed E-state index contributed by atoms with van der Waals surface area (Å²) in [6.07, 6.45) is 5.55. The van der Waals surface area contributed by atoms with Crippen molar-refractivity contribution in [3.8, 4) is 0 Å². The Kier molecular flexibility index (Phi) is 4.39. The summed E-state index contributed by atoms with van der Waals surface area (Å²) in [6.45, 7) is 4.62. The van der Waals surface area contributed by atoms with Crippen LogP contribution in [-0.2, 0) is 25.8 Å². The molecule has 5 rings (SSSR count). The summed E-state index contributed by atoms with van der Waals surface area (Å²) in [7, 11) is 0. The normalized spacial score (nSPS) is 16.4. The minimum atomic E-state index is -0.398. The van der Waals surface area contributed by atoms with Gasteiger partial charge in [-0.15, -0.1) is 11.3 Å². The number of aromatic nitrogens is 2. The largest absolute Gasteiger partial charge is 0.423 e. The zero-order valence-electron chi connectivity index (χ0n) is 16.5. The number of nitrogens with zero attached hydrogens (tertiary/aromatic N) is 2. The number of hydrogen-bond donors (Lipinski definition) is 0. The van der Waals surface area contributed by atoms with Crippen molar-refractivity contribution in [2.75, 3.05) is 0 Å². The Morgan fingerprint density at radius 3 is 2.97 bits per heavy atom. The van der Waals surface area contributed by atoms with Crippen LogP contribution in [0, 0.1) is 5.92 Å². The Morgan fingerprint density at radius 1 is 1.28 bits per heavy atom. The number of fused-ring (bicyclic) bond motifs is 4. The Hall–Kier alpha value is -2.73. The molecule has 29 heavy (non-hydrogen) atoms. The van der Waals surface area contributed by atoms with Gasteiger partial charge in [0.25, 0.3) is 5.56 Å². The molecule has 0 saturated heterocycles. The van der Waals surface area contributed by atoms with E-state index in [2.05, 4.69) is 18.8 Å². The van der Waals surface area contributed by atoms with Crippen LogP contribution in [0.5, 0.6) is 0 Å². The number of benzene rings is 1. The predicted molar refractivity (Wildman–Crippen MR) is 116 cm³/mol. The van der Waals surface area contributed by atoms with Gasteiger partial charge in [-0.25, -0.2) is 9.78 Å². The minimum absolute atomic E-state index is 0.0198. The zero-order valence-corrected chi connectivity index (χ0v) is 17.3. The molecule has 0 aliphatic heterocycles. The van der Waals surface area contributed by atoms with Crippen LogP contribution in [0.2, 0.25) is 0 Å². The SMILES string of the molecule is CCc1ccc2c(Cn3cnc4sc5c(c4c3=O)CCC(C)C5)cc(=O)oc2c1. The second-order valence-corrected chi connectivity index (χ2v) is 9.07. The lowest BCUT2D eigenvalue weighted by Gasteiger charge is -2.17. The molecule has 4 aromatic rings. The average molecular weight is 407 g/mol. The monoisotopic (exact) mass is 406 g/mol. The quantitative estimate of drug-likeness (QED) is 0.476. The first kappa shape index (κ1) is 18.3. The summed E-state index contributed by atoms with van der Waals surface area (Å²) in [6, 6.07) is 7.39. The Morgan fingerprint density at radius 2 is 2.14 bits per heavy atom. The van der Waals surface area contributed by atoms with Crippen molar-refractivity contribution in [2.45, 2.75) is 46.1 Å². The molecule has 3 aromatic heterocycles. The third-order valence-corrected chi connectivity index (χ3v) is 7.09. The number of thiophene rings is 1. The molecular formula is C23H22N2O3S. The highest BCUT2D eigenvalue weighted by Crippen LogP contribution is 2.35. The molecular weight excluding hydrogens is 384 g/mol. The smallest absolute Gasteiger partial charge is 0.336 e. The summed E-state index contributed by atoms with van der Waals surface area (Å²) in [5.41, 5.74) is 3.21. The van der Waals surface area contributed by atoms with Crippen molar-refractivity contribution in [2.24, 2.45) is 5.92 Å². The average Bonchev–Trinajstić information content (AvgIpc) is 3.07. The molecule has 1 unspecified atom stereocenters. The molecule has 6 heteroatoms. The number of hydrogen-bond acceptors (Lipinski definition) is 5. The fourth-order valence-electron chi connectivity index (χ4n) is 4.29. The lowest BCUT2D eigenvalue weighted by atomic mass is 9.89. The van der Waals surface area contributed by atoms with E-state index in [-0.39, 0.29) is 5.56 Å². The van der Waals surface area contributed by atoms with E-state index in [4.69, 9.17) is 4.42 Å². The summed E-state index contributed by atoms with van der Waals surface area (Å²) >= 11 is 1.65. The van der Waals surface area contributed by atoms with Gasteiger partial charge in [0.05, 0.1) is 18.3 Å². The summed E-state index contributed by atoms with van der Waals surface area (Å²) in [5, 5.41) is 1.62. The maximum atomic E-state index is 13.3. The van der Waals surface area contributed by atoms with Crippen molar-refractivity contribution in [3.63, 3.8) is 0 Å². The first-order valence-electron chi connectivity index (χ1n) is 10.1. The van der Waals surface area contributed by atoms with E-state index in [0.29, 0.717) is 18.0 Å². The predicted octanol–water partition coefficient (Wildman–Crippen LogP) is 4.30. The van der Waals surface area contributed by atoms with Gasteiger partial charge in [-0.05, 0) is 54.4 Å². The molecule has 1 aromatic carbocycles. The van der Waals surface area contributed by atoms with E-state index in [9.17, 15) is 9.59 Å². The van der Waals surface area contributed by atoms with Gasteiger partial charge in [-0.1, -0.05) is 26.0 Å². The van der Waals surface area contributed by atoms with E-state index in [1.807, 2.05) is 18.2 Å². The van der Waals surface area contributed by atoms with E-state index in [0.717, 1.165) is 52.4 Å². The van der Waals surface area contributed by atoms with Gasteiger partial charge in [-0.3, -0.25) is 9.36 Å². The number of aryl methyl sites for hydroxylation is 2. The van der Waals surface area contributed by atoms with Crippen molar-refractivity contribution < 1.29 is 4.42 Å². The maximum absolute atomic E-state index is 13.3. The number of rotatable bonds is 3. The fraction of sp³-hybridized carbons (Fsp3) is 0.348. The highest BCUT2D eigenvalue weighted by atomic mass is 32.1. The van der Waals surface area contributed by atoms with Crippen LogP contribution in [0.15, 0.2) is 44.6 Å². The van der Waals surface area contributed by atoms with E-state index >= 15 is 0 Å². The molecule has 1 aliphatic carbocycles. The van der Waals surface area contributed by atoms with Crippen LogP contribution in [0.25, 0.3) is 21.2 Å². The van der Waals surface area contributed by atoms with E-state index < -0.39 is 5.63 Å². The summed E-state index contributed by atoms with van der Waals surface area (Å²) in [5.74, 6) is 0.653. The van der Waals surface area contributed by atoms with Crippen LogP contribution < -0.4 is 11.2 Å². The third-order valence-electron chi connectivity index (χ3n) is 5.93. The zero-order chi connectivity index (χ0) is 20.1. The van der Waals surface area contributed by atoms with Crippen LogP contribution >= 0.6 is 11.3 Å². The minimum Gasteiger partial charge on any atom is -0.423 e. The second kappa shape index (κ2) is 6.95. The van der Waals surface area contributed by atoms with Gasteiger partial charge in [0.2, 0.25) is 0 Å². The van der Waals surface area contributed by atoms with Crippen molar-refractivity contribution in [1.29, 1.82) is 0 Å². The van der Waals surface area contributed by atoms with Gasteiger partial charge in [0.1, 0.15) is 10.4 Å². The standard InChI is InChI=1S/C23H22N2O3S/c1-3-14-5-7-16-15(10-20(26)28-18(16)9-14)11-25-12-24-22-21(23(25)27)17-6-4-13(2)8-19(17)29-22/h5,7,9-10,12-13H,3-4,6,8,11H2,1-2H3. The van der Waals surface area contributed by atoms with Crippen LogP contribution in [0.1, 0.15) is 41.8 Å². The van der Waals surface area contributed by atoms with Gasteiger partial charge in [0, 0.05) is 16.3 Å². The highest BCUT2D eigenvalue weighted by Gasteiger charge is 2.23. The first-order valence-corrected chi connectivity index (χ1v) is 10.9. The molecule has 0 amide bonds. The van der Waals surface area contributed by atoms with Crippen LogP contribution in [0.4, 0.5) is 0 Å². The molecule has 0 saturated carbocycles. The molecule has 5 nitrogen and oxygen atoms in total. The van der Waals surface area contributed by atoms with E-state index in [1.54, 1.807) is 22.2 Å². The van der Waals surface area contributed by atoms with Gasteiger partial charge >= 0.3 is 5.63 Å². The fourth-order valence-corrected chi connectivity index (χ4v) is 5.63. The highest BCUT2D eigenvalue weighted by molar-refractivity contribution is 7.18. The molecule has 0 fully saturated rings. The van der Waals surface area contributed by atoms with Gasteiger partial charge < -0.3 is 4.42 Å². The van der Waals surface area contributed by atoms with Gasteiger partial charge in [-0.2, -0.15) is 0 Å². The molecule has 3 heterocycles. The Bertz CT molecular complexity index is 1360. The second-order valence-electron chi connectivity index (χ2n) is 7.98. The molecule has 148 valence electrons. The topological polar surface area (TPSA) is 65.1 Å². The summed E-state index contributed by atoms with van der Waals surface area (Å²) in [4.78, 5) is 32.1. The molecule has 0 spiro atoms. The Balaban J connectivity index is 1.63. The molecule has 0 bridgehead atoms. The first-order chi connectivity index (χ1) is 14.0. The summed E-state index contributed by atoms with van der Waals surface area (Å²) < 4.78 is 7.02. The molecule has 0 N–H and O–H groups in total. The lowest BCUT2D eigenvalue weighted by Crippen LogP contribution is -2.22. The van der Waals surface area contributed by atoms with Crippen LogP contribution in [0.3, 0.4) is 0 Å². The Labute approximate surface area is 171 Å². The molecule has 0 radical (unpaired) electrons. The third kappa shape index (κ3) is 3.12. The van der Waals surface area contributed by atoms with Crippen molar-refractivity contribution >= 4 is 32.5 Å². The van der Waals surface area contributed by atoms with Crippen molar-refractivity contribution in [1.82, 2.24) is 9.55 Å². The van der Waals surface area contributed by atoms with Gasteiger partial charge in [0.15, 0.2) is 0 Å². The van der Waals surface area contributed by atoms with Crippen LogP contribution in [-0.4, -0.2) is 9.55 Å². The van der Waals surface area contributed by atoms with E-state index in [1.165, 1.54) is 16.5 Å². The lowest BCUT2D eigenvalue weighted by molar-refractivity contribution is 0.509. The van der Waals surface area contributed by atoms with Crippen molar-refractivity contribution in [3.05, 3.63) is 72.9 Å². The molecule has 1 atom stereocenters. The molecule has 1 aliphatic rings.